The number of piperazine rings is 1. The Kier molecular flexibility index (Phi) is 4.76. The summed E-state index contributed by atoms with van der Waals surface area (Å²) in [5.41, 5.74) is 1.51. The Balaban J connectivity index is 1.90. The Bertz CT molecular complexity index is 436. The Morgan fingerprint density at radius 3 is 3.16 bits per heavy atom. The van der Waals surface area contributed by atoms with Crippen molar-refractivity contribution in [1.82, 2.24) is 10.2 Å². The molecule has 1 atom stereocenters. The second-order valence-electron chi connectivity index (χ2n) is 4.87. The van der Waals surface area contributed by atoms with Crippen LogP contribution >= 0.6 is 0 Å². The number of hydrogen-bond acceptors (Lipinski definition) is 5. The third-order valence-electron chi connectivity index (χ3n) is 3.29. The molecule has 104 valence electrons. The van der Waals surface area contributed by atoms with Crippen LogP contribution in [0, 0.1) is 0 Å². The minimum atomic E-state index is -0.306. The Labute approximate surface area is 113 Å². The van der Waals surface area contributed by atoms with Gasteiger partial charge in [0.05, 0.1) is 12.7 Å². The average molecular weight is 263 g/mol. The topological polar surface area (TPSA) is 53.6 Å². The molecule has 1 aromatic rings. The van der Waals surface area contributed by atoms with Crippen LogP contribution in [0.15, 0.2) is 24.3 Å². The molecule has 5 nitrogen and oxygen atoms in total. The lowest BCUT2D eigenvalue weighted by molar-refractivity contribution is 0.0601. The van der Waals surface area contributed by atoms with Gasteiger partial charge in [0.25, 0.3) is 0 Å². The molecular weight excluding hydrogens is 242 g/mol. The molecule has 0 aliphatic carbocycles. The number of hydrogen-bond donors (Lipinski definition) is 2. The number of anilines is 1. The normalized spacial score (nSPS) is 20.0. The van der Waals surface area contributed by atoms with Gasteiger partial charge < -0.3 is 20.3 Å². The number of ether oxygens (including phenoxy) is 1. The van der Waals surface area contributed by atoms with Gasteiger partial charge >= 0.3 is 5.97 Å². The zero-order chi connectivity index (χ0) is 13.7. The Morgan fingerprint density at radius 1 is 1.58 bits per heavy atom. The molecule has 1 aromatic carbocycles. The summed E-state index contributed by atoms with van der Waals surface area (Å²) in [6.45, 7) is 3.98. The molecule has 5 heteroatoms. The first-order valence-electron chi connectivity index (χ1n) is 6.53. The van der Waals surface area contributed by atoms with E-state index in [2.05, 4.69) is 22.6 Å². The second kappa shape index (κ2) is 6.54. The van der Waals surface area contributed by atoms with Crippen LogP contribution in [-0.4, -0.2) is 57.2 Å². The standard InChI is InChI=1S/C14H21N3O2/c1-17-7-6-15-13(10-17)9-16-12-5-3-4-11(8-12)14(18)19-2/h3-5,8,13,15-16H,6-7,9-10H2,1-2H3. The van der Waals surface area contributed by atoms with Crippen LogP contribution in [-0.2, 0) is 4.74 Å². The summed E-state index contributed by atoms with van der Waals surface area (Å²) in [6, 6.07) is 7.82. The fourth-order valence-corrected chi connectivity index (χ4v) is 2.24. The van der Waals surface area contributed by atoms with Gasteiger partial charge in [-0.05, 0) is 25.2 Å². The smallest absolute Gasteiger partial charge is 0.337 e. The van der Waals surface area contributed by atoms with E-state index >= 15 is 0 Å². The fourth-order valence-electron chi connectivity index (χ4n) is 2.24. The van der Waals surface area contributed by atoms with Crippen molar-refractivity contribution in [3.63, 3.8) is 0 Å². The van der Waals surface area contributed by atoms with E-state index in [0.29, 0.717) is 11.6 Å². The predicted octanol–water partition coefficient (Wildman–Crippen LogP) is 0.789. The van der Waals surface area contributed by atoms with Crippen LogP contribution in [0.5, 0.6) is 0 Å². The molecule has 2 rings (SSSR count). The van der Waals surface area contributed by atoms with E-state index in [0.717, 1.165) is 31.9 Å². The number of carbonyl (C=O) groups is 1. The molecule has 0 amide bonds. The molecule has 1 heterocycles. The maximum atomic E-state index is 11.4. The van der Waals surface area contributed by atoms with Crippen molar-refractivity contribution >= 4 is 11.7 Å². The zero-order valence-corrected chi connectivity index (χ0v) is 11.5. The molecule has 1 aliphatic rings. The predicted molar refractivity (Wildman–Crippen MR) is 75.6 cm³/mol. The number of carbonyl (C=O) groups excluding carboxylic acids is 1. The number of rotatable bonds is 4. The number of likely N-dealkylation sites (N-methyl/N-ethyl adjacent to an activating group) is 1. The summed E-state index contributed by atoms with van der Waals surface area (Å²) in [5.74, 6) is -0.306. The van der Waals surface area contributed by atoms with Gasteiger partial charge in [0.1, 0.15) is 0 Å². The maximum Gasteiger partial charge on any atom is 0.337 e. The van der Waals surface area contributed by atoms with Gasteiger partial charge in [0, 0.05) is 37.9 Å². The molecular formula is C14H21N3O2. The molecule has 0 saturated carbocycles. The lowest BCUT2D eigenvalue weighted by Crippen LogP contribution is -2.51. The van der Waals surface area contributed by atoms with Crippen molar-refractivity contribution in [3.05, 3.63) is 29.8 Å². The van der Waals surface area contributed by atoms with Gasteiger partial charge in [-0.1, -0.05) is 6.07 Å². The lowest BCUT2D eigenvalue weighted by atomic mass is 10.2. The number of nitrogens with one attached hydrogen (secondary N) is 2. The van der Waals surface area contributed by atoms with Gasteiger partial charge in [0.2, 0.25) is 0 Å². The summed E-state index contributed by atoms with van der Waals surface area (Å²) in [4.78, 5) is 13.8. The Hall–Kier alpha value is -1.59. The van der Waals surface area contributed by atoms with Crippen molar-refractivity contribution < 1.29 is 9.53 Å². The van der Waals surface area contributed by atoms with E-state index in [1.165, 1.54) is 7.11 Å². The highest BCUT2D eigenvalue weighted by Crippen LogP contribution is 2.11. The molecule has 0 aromatic heterocycles. The summed E-state index contributed by atoms with van der Waals surface area (Å²) in [7, 11) is 3.52. The van der Waals surface area contributed by atoms with Gasteiger partial charge in [0.15, 0.2) is 0 Å². The SMILES string of the molecule is COC(=O)c1cccc(NCC2CN(C)CCN2)c1. The molecule has 1 fully saturated rings. The number of nitrogens with zero attached hydrogens (tertiary/aromatic N) is 1. The van der Waals surface area contributed by atoms with Crippen molar-refractivity contribution in [2.24, 2.45) is 0 Å². The van der Waals surface area contributed by atoms with Gasteiger partial charge in [-0.2, -0.15) is 0 Å². The molecule has 1 saturated heterocycles. The summed E-state index contributed by atoms with van der Waals surface area (Å²) in [5, 5.41) is 6.83. The van der Waals surface area contributed by atoms with Crippen LogP contribution in [0.3, 0.4) is 0 Å². The van der Waals surface area contributed by atoms with Gasteiger partial charge in [-0.25, -0.2) is 4.79 Å². The summed E-state index contributed by atoms with van der Waals surface area (Å²) >= 11 is 0. The van der Waals surface area contributed by atoms with E-state index in [1.807, 2.05) is 18.2 Å². The van der Waals surface area contributed by atoms with E-state index in [1.54, 1.807) is 6.07 Å². The molecule has 19 heavy (non-hydrogen) atoms. The van der Waals surface area contributed by atoms with E-state index < -0.39 is 0 Å². The first kappa shape index (κ1) is 13.8. The minimum absolute atomic E-state index is 0.306. The quantitative estimate of drug-likeness (QED) is 0.787. The van der Waals surface area contributed by atoms with E-state index in [-0.39, 0.29) is 5.97 Å². The number of benzene rings is 1. The summed E-state index contributed by atoms with van der Waals surface area (Å²) in [6.07, 6.45) is 0. The first-order chi connectivity index (χ1) is 9.19. The van der Waals surface area contributed by atoms with Crippen LogP contribution in [0.4, 0.5) is 5.69 Å². The van der Waals surface area contributed by atoms with Crippen molar-refractivity contribution in [1.29, 1.82) is 0 Å². The lowest BCUT2D eigenvalue weighted by Gasteiger charge is -2.31. The molecule has 0 radical (unpaired) electrons. The zero-order valence-electron chi connectivity index (χ0n) is 11.5. The molecule has 2 N–H and O–H groups in total. The monoisotopic (exact) mass is 263 g/mol. The summed E-state index contributed by atoms with van der Waals surface area (Å²) < 4.78 is 4.71. The molecule has 1 aliphatic heterocycles. The second-order valence-corrected chi connectivity index (χ2v) is 4.87. The molecule has 1 unspecified atom stereocenters. The number of esters is 1. The minimum Gasteiger partial charge on any atom is -0.465 e. The fraction of sp³-hybridized carbons (Fsp3) is 0.500. The van der Waals surface area contributed by atoms with E-state index in [4.69, 9.17) is 4.74 Å². The van der Waals surface area contributed by atoms with Crippen molar-refractivity contribution in [2.45, 2.75) is 6.04 Å². The largest absolute Gasteiger partial charge is 0.465 e. The van der Waals surface area contributed by atoms with Gasteiger partial charge in [-0.15, -0.1) is 0 Å². The van der Waals surface area contributed by atoms with E-state index in [9.17, 15) is 4.79 Å². The van der Waals surface area contributed by atoms with Crippen molar-refractivity contribution in [3.8, 4) is 0 Å². The number of methoxy groups -OCH3 is 1. The van der Waals surface area contributed by atoms with Gasteiger partial charge in [-0.3, -0.25) is 0 Å². The highest BCUT2D eigenvalue weighted by molar-refractivity contribution is 5.90. The van der Waals surface area contributed by atoms with Crippen molar-refractivity contribution in [2.75, 3.05) is 45.7 Å². The third-order valence-corrected chi connectivity index (χ3v) is 3.29. The molecule has 0 bridgehead atoms. The highest BCUT2D eigenvalue weighted by atomic mass is 16.5. The molecule has 0 spiro atoms. The Morgan fingerprint density at radius 2 is 2.42 bits per heavy atom. The third kappa shape index (κ3) is 3.94. The first-order valence-corrected chi connectivity index (χ1v) is 6.53. The van der Waals surface area contributed by atoms with Crippen LogP contribution < -0.4 is 10.6 Å². The average Bonchev–Trinajstić information content (AvgIpc) is 2.45. The highest BCUT2D eigenvalue weighted by Gasteiger charge is 2.15. The van der Waals surface area contributed by atoms with Crippen LogP contribution in [0.2, 0.25) is 0 Å². The van der Waals surface area contributed by atoms with Crippen LogP contribution in [0.1, 0.15) is 10.4 Å². The maximum absolute atomic E-state index is 11.4. The van der Waals surface area contributed by atoms with Crippen LogP contribution in [0.25, 0.3) is 0 Å².